The highest BCUT2D eigenvalue weighted by molar-refractivity contribution is 7.89. The Morgan fingerprint density at radius 1 is 1.37 bits per heavy atom. The zero-order valence-corrected chi connectivity index (χ0v) is 11.7. The van der Waals surface area contributed by atoms with Crippen molar-refractivity contribution in [2.75, 3.05) is 24.7 Å². The van der Waals surface area contributed by atoms with Gasteiger partial charge in [-0.25, -0.2) is 13.6 Å². The van der Waals surface area contributed by atoms with E-state index in [9.17, 15) is 8.42 Å². The lowest BCUT2D eigenvalue weighted by molar-refractivity contribution is -0.0601. The maximum absolute atomic E-state index is 11.3. The number of benzene rings is 1. The van der Waals surface area contributed by atoms with Gasteiger partial charge in [0.05, 0.1) is 10.5 Å². The van der Waals surface area contributed by atoms with Crippen LogP contribution in [0, 0.1) is 0 Å². The van der Waals surface area contributed by atoms with Gasteiger partial charge in [-0.05, 0) is 37.5 Å². The Balaban J connectivity index is 2.15. The van der Waals surface area contributed by atoms with Gasteiger partial charge in [0.25, 0.3) is 0 Å². The molecule has 6 nitrogen and oxygen atoms in total. The second kappa shape index (κ2) is 4.99. The number of rotatable bonds is 5. The summed E-state index contributed by atoms with van der Waals surface area (Å²) in [6, 6.07) is 4.50. The fourth-order valence-electron chi connectivity index (χ4n) is 2.18. The van der Waals surface area contributed by atoms with Crippen LogP contribution in [0.3, 0.4) is 0 Å². The average Bonchev–Trinajstić information content (AvgIpc) is 2.26. The maximum Gasteiger partial charge on any atom is 0.238 e. The maximum atomic E-state index is 11.3. The monoisotopic (exact) mass is 285 g/mol. The number of nitrogens with one attached hydrogen (secondary N) is 1. The summed E-state index contributed by atoms with van der Waals surface area (Å²) < 4.78 is 28.2. The molecule has 0 saturated heterocycles. The number of hydrogen-bond donors (Lipinski definition) is 3. The van der Waals surface area contributed by atoms with Gasteiger partial charge in [-0.3, -0.25) is 0 Å². The molecule has 1 saturated carbocycles. The molecular weight excluding hydrogens is 266 g/mol. The summed E-state index contributed by atoms with van der Waals surface area (Å²) in [7, 11) is -2.06. The molecule has 0 spiro atoms. The third-order valence-electron chi connectivity index (χ3n) is 3.57. The Hall–Kier alpha value is -1.31. The van der Waals surface area contributed by atoms with Crippen LogP contribution in [0.5, 0.6) is 0 Å². The quantitative estimate of drug-likeness (QED) is 0.697. The molecule has 106 valence electrons. The zero-order valence-electron chi connectivity index (χ0n) is 10.8. The minimum absolute atomic E-state index is 0.00933. The van der Waals surface area contributed by atoms with Gasteiger partial charge in [0, 0.05) is 25.0 Å². The molecule has 0 bridgehead atoms. The molecule has 1 aromatic carbocycles. The Labute approximate surface area is 113 Å². The number of primary sulfonamides is 1. The first-order valence-corrected chi connectivity index (χ1v) is 7.62. The highest BCUT2D eigenvalue weighted by Gasteiger charge is 2.36. The number of sulfonamides is 1. The molecule has 0 atom stereocenters. The van der Waals surface area contributed by atoms with E-state index in [2.05, 4.69) is 5.32 Å². The lowest BCUT2D eigenvalue weighted by Crippen LogP contribution is -2.45. The summed E-state index contributed by atoms with van der Waals surface area (Å²) in [5, 5.41) is 8.27. The third-order valence-corrected chi connectivity index (χ3v) is 4.46. The predicted octanol–water partition coefficient (Wildman–Crippen LogP) is 0.897. The smallest absolute Gasteiger partial charge is 0.238 e. The molecule has 7 heteroatoms. The molecule has 1 aromatic rings. The first-order chi connectivity index (χ1) is 8.85. The summed E-state index contributed by atoms with van der Waals surface area (Å²) in [5.74, 6) is 0. The Kier molecular flexibility index (Phi) is 3.71. The van der Waals surface area contributed by atoms with E-state index < -0.39 is 10.0 Å². The van der Waals surface area contributed by atoms with Crippen LogP contribution in [0.25, 0.3) is 0 Å². The van der Waals surface area contributed by atoms with E-state index in [1.807, 2.05) is 0 Å². The largest absolute Gasteiger partial charge is 0.399 e. The number of hydrogen-bond acceptors (Lipinski definition) is 5. The minimum Gasteiger partial charge on any atom is -0.399 e. The molecule has 0 unspecified atom stereocenters. The Bertz CT molecular complexity index is 562. The molecule has 1 aliphatic carbocycles. The van der Waals surface area contributed by atoms with Crippen molar-refractivity contribution in [1.29, 1.82) is 0 Å². The van der Waals surface area contributed by atoms with E-state index in [1.54, 1.807) is 13.2 Å². The molecule has 5 N–H and O–H groups in total. The van der Waals surface area contributed by atoms with Crippen LogP contribution >= 0.6 is 0 Å². The highest BCUT2D eigenvalue weighted by atomic mass is 32.2. The van der Waals surface area contributed by atoms with Crippen LogP contribution < -0.4 is 16.2 Å². The topological polar surface area (TPSA) is 107 Å². The molecule has 1 aliphatic rings. The first-order valence-electron chi connectivity index (χ1n) is 6.07. The second-order valence-corrected chi connectivity index (χ2v) is 6.49. The molecule has 0 aliphatic heterocycles. The van der Waals surface area contributed by atoms with Crippen molar-refractivity contribution >= 4 is 21.4 Å². The lowest BCUT2D eigenvalue weighted by atomic mass is 9.80. The minimum atomic E-state index is -3.75. The van der Waals surface area contributed by atoms with Gasteiger partial charge >= 0.3 is 0 Å². The second-order valence-electron chi connectivity index (χ2n) is 4.93. The average molecular weight is 285 g/mol. The van der Waals surface area contributed by atoms with Crippen LogP contribution in [0.15, 0.2) is 23.1 Å². The van der Waals surface area contributed by atoms with Crippen molar-refractivity contribution in [2.24, 2.45) is 5.14 Å². The summed E-state index contributed by atoms with van der Waals surface area (Å²) in [6.07, 6.45) is 3.15. The van der Waals surface area contributed by atoms with Gasteiger partial charge in [-0.15, -0.1) is 0 Å². The fraction of sp³-hybridized carbons (Fsp3) is 0.500. The number of anilines is 2. The van der Waals surface area contributed by atoms with Crippen molar-refractivity contribution in [3.63, 3.8) is 0 Å². The van der Waals surface area contributed by atoms with Gasteiger partial charge < -0.3 is 15.8 Å². The van der Waals surface area contributed by atoms with Crippen LogP contribution in [0.1, 0.15) is 19.3 Å². The Morgan fingerprint density at radius 3 is 2.53 bits per heavy atom. The van der Waals surface area contributed by atoms with Crippen molar-refractivity contribution in [3.8, 4) is 0 Å². The van der Waals surface area contributed by atoms with E-state index in [0.717, 1.165) is 19.3 Å². The number of nitrogens with two attached hydrogens (primary N) is 2. The van der Waals surface area contributed by atoms with Crippen molar-refractivity contribution in [3.05, 3.63) is 18.2 Å². The van der Waals surface area contributed by atoms with Gasteiger partial charge in [0.15, 0.2) is 0 Å². The standard InChI is InChI=1S/C12H19N3O3S/c1-18-12(3-2-4-12)8-15-10-5-9(13)6-11(7-10)19(14,16)17/h5-7,15H,2-4,8,13H2,1H3,(H2,14,16,17). The molecular formula is C12H19N3O3S. The summed E-state index contributed by atoms with van der Waals surface area (Å²) in [5.41, 5.74) is 6.52. The van der Waals surface area contributed by atoms with Gasteiger partial charge in [0.1, 0.15) is 0 Å². The molecule has 0 heterocycles. The zero-order chi connectivity index (χ0) is 14.1. The molecule has 19 heavy (non-hydrogen) atoms. The first kappa shape index (κ1) is 14.1. The third kappa shape index (κ3) is 3.17. The molecule has 1 fully saturated rings. The van der Waals surface area contributed by atoms with Crippen molar-refractivity contribution < 1.29 is 13.2 Å². The predicted molar refractivity (Wildman–Crippen MR) is 74.3 cm³/mol. The normalized spacial score (nSPS) is 17.8. The van der Waals surface area contributed by atoms with Crippen LogP contribution in [0.2, 0.25) is 0 Å². The van der Waals surface area contributed by atoms with E-state index in [1.165, 1.54) is 12.1 Å². The number of ether oxygens (including phenoxy) is 1. The van der Waals surface area contributed by atoms with Crippen LogP contribution in [-0.2, 0) is 14.8 Å². The summed E-state index contributed by atoms with van der Waals surface area (Å²) >= 11 is 0. The van der Waals surface area contributed by atoms with E-state index >= 15 is 0 Å². The van der Waals surface area contributed by atoms with Gasteiger partial charge in [-0.1, -0.05) is 0 Å². The molecule has 0 amide bonds. The van der Waals surface area contributed by atoms with Crippen LogP contribution in [-0.4, -0.2) is 27.7 Å². The number of nitrogen functional groups attached to an aromatic ring is 1. The fourth-order valence-corrected chi connectivity index (χ4v) is 2.77. The molecule has 0 aromatic heterocycles. The lowest BCUT2D eigenvalue weighted by Gasteiger charge is -2.40. The summed E-state index contributed by atoms with van der Waals surface area (Å²) in [6.45, 7) is 0.622. The summed E-state index contributed by atoms with van der Waals surface area (Å²) in [4.78, 5) is 0.00933. The van der Waals surface area contributed by atoms with E-state index in [0.29, 0.717) is 17.9 Å². The van der Waals surface area contributed by atoms with Crippen molar-refractivity contribution in [2.45, 2.75) is 29.8 Å². The van der Waals surface area contributed by atoms with Crippen molar-refractivity contribution in [1.82, 2.24) is 0 Å². The molecule has 2 rings (SSSR count). The number of methoxy groups -OCH3 is 1. The van der Waals surface area contributed by atoms with Gasteiger partial charge in [0.2, 0.25) is 10.0 Å². The SMILES string of the molecule is COC1(CNc2cc(N)cc(S(N)(=O)=O)c2)CCC1. The Morgan fingerprint density at radius 2 is 2.05 bits per heavy atom. The highest BCUT2D eigenvalue weighted by Crippen LogP contribution is 2.35. The van der Waals surface area contributed by atoms with E-state index in [4.69, 9.17) is 15.6 Å². The molecule has 0 radical (unpaired) electrons. The van der Waals surface area contributed by atoms with Crippen LogP contribution in [0.4, 0.5) is 11.4 Å². The van der Waals surface area contributed by atoms with E-state index in [-0.39, 0.29) is 10.5 Å². The van der Waals surface area contributed by atoms with Gasteiger partial charge in [-0.2, -0.15) is 0 Å².